The van der Waals surface area contributed by atoms with Gasteiger partial charge in [-0.15, -0.1) is 0 Å². The normalized spacial score (nSPS) is 13.0. The number of aliphatic carboxylic acids is 1. The zero-order valence-electron chi connectivity index (χ0n) is 19.0. The fourth-order valence-corrected chi connectivity index (χ4v) is 4.58. The van der Waals surface area contributed by atoms with Crippen molar-refractivity contribution in [2.24, 2.45) is 0 Å². The molecule has 2 N–H and O–H groups in total. The first-order valence-corrected chi connectivity index (χ1v) is 12.5. The minimum absolute atomic E-state index is 0.0754. The van der Waals surface area contributed by atoms with Crippen LogP contribution in [-0.2, 0) is 14.3 Å². The second kappa shape index (κ2) is 11.7. The molecule has 0 aromatic heterocycles. The Morgan fingerprint density at radius 2 is 1.70 bits per heavy atom. The van der Waals surface area contributed by atoms with Crippen LogP contribution in [0.4, 0.5) is 4.79 Å². The molecule has 176 valence electrons. The molecule has 1 unspecified atom stereocenters. The van der Waals surface area contributed by atoms with E-state index in [1.807, 2.05) is 49.6 Å². The predicted molar refractivity (Wildman–Crippen MR) is 129 cm³/mol. The maximum Gasteiger partial charge on any atom is 0.407 e. The van der Waals surface area contributed by atoms with Crippen molar-refractivity contribution in [3.8, 4) is 11.1 Å². The highest BCUT2D eigenvalue weighted by molar-refractivity contribution is 7.98. The number of carbonyl (C=O) groups excluding carboxylic acids is 2. The molecule has 1 aliphatic carbocycles. The number of benzene rings is 2. The van der Waals surface area contributed by atoms with Gasteiger partial charge in [0.2, 0.25) is 5.91 Å². The molecule has 2 amide bonds. The van der Waals surface area contributed by atoms with Crippen LogP contribution in [0.3, 0.4) is 0 Å². The highest BCUT2D eigenvalue weighted by Crippen LogP contribution is 2.44. The number of carboxylic acids is 1. The Balaban J connectivity index is 1.67. The number of carbonyl (C=O) groups is 3. The van der Waals surface area contributed by atoms with Crippen molar-refractivity contribution in [3.63, 3.8) is 0 Å². The highest BCUT2D eigenvalue weighted by Gasteiger charge is 2.30. The molecule has 0 saturated heterocycles. The van der Waals surface area contributed by atoms with E-state index in [4.69, 9.17) is 4.74 Å². The van der Waals surface area contributed by atoms with Crippen molar-refractivity contribution in [3.05, 3.63) is 59.7 Å². The van der Waals surface area contributed by atoms with Gasteiger partial charge in [0.25, 0.3) is 0 Å². The lowest BCUT2D eigenvalue weighted by atomic mass is 9.98. The first-order valence-electron chi connectivity index (χ1n) is 11.1. The molecule has 0 spiro atoms. The fraction of sp³-hybridized carbons (Fsp3) is 0.400. The number of amides is 2. The van der Waals surface area contributed by atoms with Gasteiger partial charge < -0.3 is 20.1 Å². The molecule has 0 radical (unpaired) electrons. The number of ether oxygens (including phenoxy) is 1. The molecule has 3 rings (SSSR count). The van der Waals surface area contributed by atoms with Crippen molar-refractivity contribution < 1.29 is 24.2 Å². The number of hydrogen-bond acceptors (Lipinski definition) is 5. The monoisotopic (exact) mass is 470 g/mol. The van der Waals surface area contributed by atoms with E-state index in [9.17, 15) is 19.5 Å². The minimum atomic E-state index is -1.08. The lowest BCUT2D eigenvalue weighted by Gasteiger charge is -2.26. The van der Waals surface area contributed by atoms with Gasteiger partial charge >= 0.3 is 12.1 Å². The summed E-state index contributed by atoms with van der Waals surface area (Å²) in [4.78, 5) is 38.1. The molecule has 0 aliphatic heterocycles. The summed E-state index contributed by atoms with van der Waals surface area (Å²) in [6, 6.07) is 15.3. The summed E-state index contributed by atoms with van der Waals surface area (Å²) in [5.74, 6) is -0.945. The summed E-state index contributed by atoms with van der Waals surface area (Å²) in [6.45, 7) is 1.96. The first-order chi connectivity index (χ1) is 16.0. The molecule has 8 heteroatoms. The molecule has 1 atom stereocenters. The van der Waals surface area contributed by atoms with Gasteiger partial charge in [-0.25, -0.2) is 4.79 Å². The molecule has 1 aliphatic rings. The van der Waals surface area contributed by atoms with E-state index in [1.165, 1.54) is 16.7 Å². The summed E-state index contributed by atoms with van der Waals surface area (Å²) in [7, 11) is 0. The molecule has 2 aromatic rings. The Labute approximate surface area is 198 Å². The number of thioether (sulfide) groups is 1. The summed E-state index contributed by atoms with van der Waals surface area (Å²) < 4.78 is 5.57. The lowest BCUT2D eigenvalue weighted by molar-refractivity contribution is -0.145. The molecular formula is C25H30N2O5S. The van der Waals surface area contributed by atoms with E-state index in [0.717, 1.165) is 22.3 Å². The third-order valence-electron chi connectivity index (χ3n) is 5.71. The van der Waals surface area contributed by atoms with Crippen LogP contribution >= 0.6 is 11.8 Å². The Morgan fingerprint density at radius 1 is 1.09 bits per heavy atom. The summed E-state index contributed by atoms with van der Waals surface area (Å²) in [6.07, 6.45) is 2.27. The number of alkyl carbamates (subject to hydrolysis) is 1. The van der Waals surface area contributed by atoms with Crippen LogP contribution in [0.25, 0.3) is 11.1 Å². The Kier molecular flexibility index (Phi) is 8.77. The van der Waals surface area contributed by atoms with E-state index in [-0.39, 0.29) is 12.5 Å². The number of carboxylic acid groups (broad SMARTS) is 1. The van der Waals surface area contributed by atoms with Crippen molar-refractivity contribution in [1.82, 2.24) is 10.2 Å². The van der Waals surface area contributed by atoms with Crippen molar-refractivity contribution in [1.29, 1.82) is 0 Å². The second-order valence-electron chi connectivity index (χ2n) is 7.96. The van der Waals surface area contributed by atoms with E-state index < -0.39 is 30.6 Å². The van der Waals surface area contributed by atoms with Crippen LogP contribution in [0.2, 0.25) is 0 Å². The molecular weight excluding hydrogens is 440 g/mol. The van der Waals surface area contributed by atoms with Gasteiger partial charge in [0.15, 0.2) is 0 Å². The van der Waals surface area contributed by atoms with Gasteiger partial charge in [-0.3, -0.25) is 9.59 Å². The van der Waals surface area contributed by atoms with Gasteiger partial charge in [-0.1, -0.05) is 61.9 Å². The largest absolute Gasteiger partial charge is 0.480 e. The van der Waals surface area contributed by atoms with E-state index in [2.05, 4.69) is 17.4 Å². The van der Waals surface area contributed by atoms with Crippen molar-refractivity contribution in [2.45, 2.75) is 31.7 Å². The predicted octanol–water partition coefficient (Wildman–Crippen LogP) is 3.97. The number of fused-ring (bicyclic) bond motifs is 3. The highest BCUT2D eigenvalue weighted by atomic mass is 32.2. The third-order valence-corrected chi connectivity index (χ3v) is 6.31. The van der Waals surface area contributed by atoms with Crippen LogP contribution in [-0.4, -0.2) is 65.7 Å². The second-order valence-corrected chi connectivity index (χ2v) is 8.94. The number of nitrogens with zero attached hydrogens (tertiary/aromatic N) is 1. The molecule has 0 saturated carbocycles. The number of nitrogens with one attached hydrogen (secondary N) is 1. The number of rotatable bonds is 11. The average molecular weight is 471 g/mol. The van der Waals surface area contributed by atoms with Crippen LogP contribution in [0.1, 0.15) is 36.8 Å². The fourth-order valence-electron chi connectivity index (χ4n) is 4.18. The Morgan fingerprint density at radius 3 is 2.24 bits per heavy atom. The lowest BCUT2D eigenvalue weighted by Crippen LogP contribution is -2.50. The summed E-state index contributed by atoms with van der Waals surface area (Å²) in [5.41, 5.74) is 4.49. The van der Waals surface area contributed by atoms with Crippen LogP contribution in [0.15, 0.2) is 48.5 Å². The topological polar surface area (TPSA) is 95.9 Å². The quantitative estimate of drug-likeness (QED) is 0.516. The smallest absolute Gasteiger partial charge is 0.407 e. The van der Waals surface area contributed by atoms with Crippen LogP contribution in [0, 0.1) is 0 Å². The first kappa shape index (κ1) is 24.6. The maximum absolute atomic E-state index is 13.0. The van der Waals surface area contributed by atoms with Crippen molar-refractivity contribution in [2.75, 3.05) is 31.7 Å². The van der Waals surface area contributed by atoms with Crippen LogP contribution < -0.4 is 5.32 Å². The van der Waals surface area contributed by atoms with E-state index in [1.54, 1.807) is 0 Å². The van der Waals surface area contributed by atoms with E-state index >= 15 is 0 Å². The minimum Gasteiger partial charge on any atom is -0.480 e. The van der Waals surface area contributed by atoms with Gasteiger partial charge in [-0.05, 0) is 34.9 Å². The van der Waals surface area contributed by atoms with E-state index in [0.29, 0.717) is 25.1 Å². The molecule has 0 heterocycles. The van der Waals surface area contributed by atoms with Crippen LogP contribution in [0.5, 0.6) is 0 Å². The molecule has 2 aromatic carbocycles. The zero-order chi connectivity index (χ0) is 23.8. The van der Waals surface area contributed by atoms with Crippen molar-refractivity contribution >= 4 is 29.7 Å². The molecule has 7 nitrogen and oxygen atoms in total. The molecule has 33 heavy (non-hydrogen) atoms. The maximum atomic E-state index is 13.0. The average Bonchev–Trinajstić information content (AvgIpc) is 3.13. The Hall–Kier alpha value is -3.00. The Bertz CT molecular complexity index is 951. The SMILES string of the molecule is CCCC(NC(=O)OCC1c2ccccc2-c2ccccc21)C(=O)N(CCSC)CC(=O)O. The van der Waals surface area contributed by atoms with Gasteiger partial charge in [0.1, 0.15) is 19.2 Å². The summed E-state index contributed by atoms with van der Waals surface area (Å²) in [5, 5.41) is 11.8. The number of hydrogen-bond donors (Lipinski definition) is 2. The van der Waals surface area contributed by atoms with Gasteiger partial charge in [0, 0.05) is 18.2 Å². The standard InChI is InChI=1S/C25H30N2O5S/c1-3-8-22(24(30)27(13-14-33-2)15-23(28)29)26-25(31)32-16-21-19-11-6-4-9-17(19)18-10-5-7-12-20(18)21/h4-7,9-12,21-22H,3,8,13-16H2,1-2H3,(H,26,31)(H,28,29). The molecule has 0 bridgehead atoms. The summed E-state index contributed by atoms with van der Waals surface area (Å²) >= 11 is 1.53. The zero-order valence-corrected chi connectivity index (χ0v) is 19.8. The third kappa shape index (κ3) is 6.07. The van der Waals surface area contributed by atoms with Gasteiger partial charge in [-0.2, -0.15) is 11.8 Å². The van der Waals surface area contributed by atoms with Gasteiger partial charge in [0.05, 0.1) is 0 Å². The molecule has 0 fully saturated rings.